The topological polar surface area (TPSA) is 60.2 Å². The maximum Gasteiger partial charge on any atom is 0.229 e. The summed E-state index contributed by atoms with van der Waals surface area (Å²) in [6.07, 6.45) is 2.71. The van der Waals surface area contributed by atoms with E-state index in [-0.39, 0.29) is 12.1 Å². The van der Waals surface area contributed by atoms with Crippen molar-refractivity contribution in [2.75, 3.05) is 6.61 Å². The maximum absolute atomic E-state index is 13.4. The van der Waals surface area contributed by atoms with Crippen molar-refractivity contribution in [1.29, 1.82) is 0 Å². The van der Waals surface area contributed by atoms with Crippen LogP contribution in [-0.4, -0.2) is 22.8 Å². The monoisotopic (exact) mass is 321 g/mol. The molecular weight excluding hydrogens is 304 g/mol. The highest BCUT2D eigenvalue weighted by molar-refractivity contribution is 5.22. The lowest BCUT2D eigenvalue weighted by molar-refractivity contribution is 0.0979. The lowest BCUT2D eigenvalue weighted by Crippen LogP contribution is -2.31. The molecule has 122 valence electrons. The maximum atomic E-state index is 13.4. The molecule has 23 heavy (non-hydrogen) atoms. The summed E-state index contributed by atoms with van der Waals surface area (Å²) in [6, 6.07) is 3.88. The van der Waals surface area contributed by atoms with Crippen LogP contribution in [0.4, 0.5) is 8.78 Å². The van der Waals surface area contributed by atoms with Crippen molar-refractivity contribution in [3.63, 3.8) is 0 Å². The van der Waals surface area contributed by atoms with Gasteiger partial charge in [0.05, 0.1) is 12.6 Å². The fourth-order valence-electron chi connectivity index (χ4n) is 2.87. The van der Waals surface area contributed by atoms with Gasteiger partial charge in [-0.1, -0.05) is 11.2 Å². The molecule has 0 unspecified atom stereocenters. The fourth-order valence-corrected chi connectivity index (χ4v) is 2.87. The van der Waals surface area contributed by atoms with Gasteiger partial charge in [-0.25, -0.2) is 8.78 Å². The van der Waals surface area contributed by atoms with E-state index in [1.807, 2.05) is 0 Å². The second-order valence-corrected chi connectivity index (χ2v) is 6.06. The second-order valence-electron chi connectivity index (χ2n) is 6.06. The van der Waals surface area contributed by atoms with Crippen LogP contribution in [0.5, 0.6) is 0 Å². The Kier molecular flexibility index (Phi) is 3.82. The van der Waals surface area contributed by atoms with E-state index in [9.17, 15) is 8.78 Å². The summed E-state index contributed by atoms with van der Waals surface area (Å²) in [4.78, 5) is 4.37. The third kappa shape index (κ3) is 3.11. The lowest BCUT2D eigenvalue weighted by Gasteiger charge is -2.19. The van der Waals surface area contributed by atoms with E-state index in [4.69, 9.17) is 9.26 Å². The van der Waals surface area contributed by atoms with E-state index in [1.54, 1.807) is 6.07 Å². The summed E-state index contributed by atoms with van der Waals surface area (Å²) in [6.45, 7) is 1.03. The molecule has 2 fully saturated rings. The number of rotatable bonds is 5. The van der Waals surface area contributed by atoms with Gasteiger partial charge in [0.2, 0.25) is 5.89 Å². The van der Waals surface area contributed by atoms with Gasteiger partial charge >= 0.3 is 0 Å². The van der Waals surface area contributed by atoms with Gasteiger partial charge in [-0.2, -0.15) is 4.98 Å². The molecule has 0 spiro atoms. The molecule has 0 amide bonds. The number of hydrogen-bond acceptors (Lipinski definition) is 5. The molecule has 0 bridgehead atoms. The number of hydrogen-bond donors (Lipinski definition) is 1. The lowest BCUT2D eigenvalue weighted by atomic mass is 10.0. The Morgan fingerprint density at radius 2 is 2.04 bits per heavy atom. The van der Waals surface area contributed by atoms with Gasteiger partial charge in [0.25, 0.3) is 0 Å². The minimum absolute atomic E-state index is 0.00253. The highest BCUT2D eigenvalue weighted by Gasteiger charge is 2.32. The van der Waals surface area contributed by atoms with Crippen molar-refractivity contribution in [3.05, 3.63) is 47.1 Å². The molecule has 1 N–H and O–H groups in total. The van der Waals surface area contributed by atoms with Crippen molar-refractivity contribution >= 4 is 0 Å². The molecule has 1 aromatic carbocycles. The highest BCUT2D eigenvalue weighted by Crippen LogP contribution is 2.38. The van der Waals surface area contributed by atoms with Crippen LogP contribution in [0, 0.1) is 11.6 Å². The van der Waals surface area contributed by atoms with E-state index in [1.165, 1.54) is 6.07 Å². The van der Waals surface area contributed by atoms with Crippen molar-refractivity contribution in [3.8, 4) is 0 Å². The summed E-state index contributed by atoms with van der Waals surface area (Å²) in [5, 5.41) is 7.29. The number of nitrogens with zero attached hydrogens (tertiary/aromatic N) is 2. The van der Waals surface area contributed by atoms with Crippen molar-refractivity contribution in [2.24, 2.45) is 0 Å². The normalized spacial score (nSPS) is 24.3. The van der Waals surface area contributed by atoms with Gasteiger partial charge in [0.15, 0.2) is 17.5 Å². The summed E-state index contributed by atoms with van der Waals surface area (Å²) >= 11 is 0. The van der Waals surface area contributed by atoms with Crippen LogP contribution in [0.2, 0.25) is 0 Å². The van der Waals surface area contributed by atoms with Crippen molar-refractivity contribution < 1.29 is 18.0 Å². The summed E-state index contributed by atoms with van der Waals surface area (Å²) in [5.74, 6) is 0.0464. The summed E-state index contributed by atoms with van der Waals surface area (Å²) in [5.41, 5.74) is 0.630. The number of nitrogens with one attached hydrogen (secondary N) is 1. The standard InChI is InChI=1S/C16H17F2N3O2/c17-11-4-3-10(7-12(11)18)15-13(5-6-22-15)19-8-14-20-16(23-21-14)9-1-2-9/h3-4,7,9,13,15,19H,1-2,5-6,8H2/t13-,15+/m0/s1. The molecule has 2 atom stereocenters. The molecule has 1 aliphatic heterocycles. The average molecular weight is 321 g/mol. The number of ether oxygens (including phenoxy) is 1. The van der Waals surface area contributed by atoms with Crippen molar-refractivity contribution in [2.45, 2.75) is 43.9 Å². The Morgan fingerprint density at radius 1 is 1.17 bits per heavy atom. The molecule has 1 aromatic heterocycles. The Balaban J connectivity index is 1.41. The largest absolute Gasteiger partial charge is 0.372 e. The third-order valence-corrected chi connectivity index (χ3v) is 4.30. The zero-order valence-corrected chi connectivity index (χ0v) is 12.5. The van der Waals surface area contributed by atoms with Crippen LogP contribution in [0.1, 0.15) is 48.6 Å². The van der Waals surface area contributed by atoms with E-state index in [2.05, 4.69) is 15.5 Å². The Morgan fingerprint density at radius 3 is 2.83 bits per heavy atom. The molecule has 7 heteroatoms. The molecule has 0 radical (unpaired) electrons. The van der Waals surface area contributed by atoms with E-state index in [0.29, 0.717) is 36.3 Å². The zero-order chi connectivity index (χ0) is 15.8. The Labute approximate surface area is 132 Å². The summed E-state index contributed by atoms with van der Waals surface area (Å²) in [7, 11) is 0. The van der Waals surface area contributed by atoms with Gasteiger partial charge in [-0.05, 0) is 37.0 Å². The minimum atomic E-state index is -0.857. The summed E-state index contributed by atoms with van der Waals surface area (Å²) < 4.78 is 37.4. The molecule has 2 aromatic rings. The van der Waals surface area contributed by atoms with Crippen LogP contribution >= 0.6 is 0 Å². The van der Waals surface area contributed by atoms with Gasteiger partial charge in [-0.15, -0.1) is 0 Å². The molecule has 2 aliphatic rings. The molecule has 2 heterocycles. The number of benzene rings is 1. The first-order valence-electron chi connectivity index (χ1n) is 7.83. The van der Waals surface area contributed by atoms with Gasteiger partial charge < -0.3 is 14.6 Å². The SMILES string of the molecule is Fc1ccc([C@H]2OCC[C@@H]2NCc2noc(C3CC3)n2)cc1F. The first-order chi connectivity index (χ1) is 11.2. The van der Waals surface area contributed by atoms with Crippen LogP contribution in [0.3, 0.4) is 0 Å². The predicted molar refractivity (Wildman–Crippen MR) is 76.6 cm³/mol. The number of aromatic nitrogens is 2. The molecule has 4 rings (SSSR count). The van der Waals surface area contributed by atoms with E-state index in [0.717, 1.165) is 25.3 Å². The minimum Gasteiger partial charge on any atom is -0.372 e. The quantitative estimate of drug-likeness (QED) is 0.917. The zero-order valence-electron chi connectivity index (χ0n) is 12.5. The molecule has 5 nitrogen and oxygen atoms in total. The van der Waals surface area contributed by atoms with Gasteiger partial charge in [0.1, 0.15) is 0 Å². The van der Waals surface area contributed by atoms with Gasteiger partial charge in [0, 0.05) is 18.6 Å². The van der Waals surface area contributed by atoms with Crippen LogP contribution in [-0.2, 0) is 11.3 Å². The fraction of sp³-hybridized carbons (Fsp3) is 0.500. The van der Waals surface area contributed by atoms with Crippen LogP contribution < -0.4 is 5.32 Å². The predicted octanol–water partition coefficient (Wildman–Crippen LogP) is 2.85. The molecule has 1 saturated carbocycles. The molecule has 1 saturated heterocycles. The highest BCUT2D eigenvalue weighted by atomic mass is 19.2. The number of halogens is 2. The first-order valence-corrected chi connectivity index (χ1v) is 7.83. The van der Waals surface area contributed by atoms with Crippen LogP contribution in [0.15, 0.2) is 22.7 Å². The third-order valence-electron chi connectivity index (χ3n) is 4.30. The Bertz CT molecular complexity index is 702. The smallest absolute Gasteiger partial charge is 0.229 e. The van der Waals surface area contributed by atoms with E-state index < -0.39 is 11.6 Å². The molecular formula is C16H17F2N3O2. The van der Waals surface area contributed by atoms with Crippen molar-refractivity contribution in [1.82, 2.24) is 15.5 Å². The molecule has 1 aliphatic carbocycles. The van der Waals surface area contributed by atoms with E-state index >= 15 is 0 Å². The van der Waals surface area contributed by atoms with Gasteiger partial charge in [-0.3, -0.25) is 0 Å². The average Bonchev–Trinajstić information content (AvgIpc) is 3.10. The first kappa shape index (κ1) is 14.7. The van der Waals surface area contributed by atoms with Crippen LogP contribution in [0.25, 0.3) is 0 Å². The Hall–Kier alpha value is -1.86. The second kappa shape index (κ2) is 5.98.